The fourth-order valence-electron chi connectivity index (χ4n) is 1.80. The second-order valence-electron chi connectivity index (χ2n) is 4.25. The number of nitrogens with one attached hydrogen (secondary N) is 1. The van der Waals surface area contributed by atoms with E-state index in [1.807, 2.05) is 37.3 Å². The van der Waals surface area contributed by atoms with Crippen LogP contribution in [0, 0.1) is 5.82 Å². The van der Waals surface area contributed by atoms with Gasteiger partial charge < -0.3 is 5.32 Å². The molecule has 0 fully saturated rings. The van der Waals surface area contributed by atoms with Crippen molar-refractivity contribution < 1.29 is 4.39 Å². The number of rotatable bonds is 4. The monoisotopic (exact) mass is 263 g/mol. The molecule has 0 bridgehead atoms. The molecule has 0 unspecified atom stereocenters. The van der Waals surface area contributed by atoms with Gasteiger partial charge in [-0.1, -0.05) is 41.9 Å². The minimum Gasteiger partial charge on any atom is -0.306 e. The Balaban J connectivity index is 2.00. The van der Waals surface area contributed by atoms with Gasteiger partial charge in [-0.2, -0.15) is 0 Å². The number of halogens is 2. The fourth-order valence-corrected chi connectivity index (χ4v) is 2.00. The predicted octanol–water partition coefficient (Wildman–Crippen LogP) is 4.33. The molecule has 94 valence electrons. The van der Waals surface area contributed by atoms with Crippen molar-refractivity contribution in [3.05, 3.63) is 70.5 Å². The lowest BCUT2D eigenvalue weighted by Gasteiger charge is -2.15. The zero-order chi connectivity index (χ0) is 13.0. The Morgan fingerprint density at radius 1 is 1.17 bits per heavy atom. The topological polar surface area (TPSA) is 12.0 Å². The Morgan fingerprint density at radius 3 is 2.67 bits per heavy atom. The van der Waals surface area contributed by atoms with Crippen LogP contribution in [0.3, 0.4) is 0 Å². The molecule has 0 spiro atoms. The number of hydrogen-bond acceptors (Lipinski definition) is 1. The summed E-state index contributed by atoms with van der Waals surface area (Å²) in [6, 6.07) is 14.4. The van der Waals surface area contributed by atoms with Gasteiger partial charge in [0, 0.05) is 17.6 Å². The summed E-state index contributed by atoms with van der Waals surface area (Å²) in [5.41, 5.74) is 1.98. The van der Waals surface area contributed by atoms with Crippen molar-refractivity contribution in [1.29, 1.82) is 0 Å². The van der Waals surface area contributed by atoms with Gasteiger partial charge in [0.2, 0.25) is 0 Å². The number of hydrogen-bond donors (Lipinski definition) is 1. The second kappa shape index (κ2) is 5.98. The molecule has 0 saturated carbocycles. The van der Waals surface area contributed by atoms with Crippen LogP contribution in [0.5, 0.6) is 0 Å². The highest BCUT2D eigenvalue weighted by atomic mass is 35.5. The van der Waals surface area contributed by atoms with Crippen LogP contribution in [0.4, 0.5) is 4.39 Å². The van der Waals surface area contributed by atoms with E-state index in [2.05, 4.69) is 5.32 Å². The molecular weight excluding hydrogens is 249 g/mol. The van der Waals surface area contributed by atoms with Crippen molar-refractivity contribution in [3.63, 3.8) is 0 Å². The lowest BCUT2D eigenvalue weighted by Crippen LogP contribution is -2.18. The lowest BCUT2D eigenvalue weighted by molar-refractivity contribution is 0.565. The van der Waals surface area contributed by atoms with E-state index in [9.17, 15) is 4.39 Å². The first-order chi connectivity index (χ1) is 8.66. The van der Waals surface area contributed by atoms with Crippen molar-refractivity contribution in [2.45, 2.75) is 19.5 Å². The Hall–Kier alpha value is -1.38. The standard InChI is InChI=1S/C15H15ClFN/c1-11(12-6-4-7-14(17)9-12)18-10-13-5-2-3-8-15(13)16/h2-9,11,18H,10H2,1H3/t11-/m1/s1. The quantitative estimate of drug-likeness (QED) is 0.866. The first kappa shape index (κ1) is 13.1. The van der Waals surface area contributed by atoms with E-state index in [0.29, 0.717) is 6.54 Å². The van der Waals surface area contributed by atoms with E-state index < -0.39 is 0 Å². The van der Waals surface area contributed by atoms with Crippen molar-refractivity contribution in [2.75, 3.05) is 0 Å². The summed E-state index contributed by atoms with van der Waals surface area (Å²) in [7, 11) is 0. The summed E-state index contributed by atoms with van der Waals surface area (Å²) in [4.78, 5) is 0. The highest BCUT2D eigenvalue weighted by molar-refractivity contribution is 6.31. The van der Waals surface area contributed by atoms with E-state index in [4.69, 9.17) is 11.6 Å². The highest BCUT2D eigenvalue weighted by Crippen LogP contribution is 2.17. The molecule has 2 aromatic carbocycles. The maximum atomic E-state index is 13.1. The molecule has 0 aromatic heterocycles. The summed E-state index contributed by atoms with van der Waals surface area (Å²) in [5.74, 6) is -0.209. The second-order valence-corrected chi connectivity index (χ2v) is 4.66. The average molecular weight is 264 g/mol. The Morgan fingerprint density at radius 2 is 1.94 bits per heavy atom. The van der Waals surface area contributed by atoms with Gasteiger partial charge in [-0.15, -0.1) is 0 Å². The molecule has 0 saturated heterocycles. The van der Waals surface area contributed by atoms with E-state index in [1.165, 1.54) is 6.07 Å². The summed E-state index contributed by atoms with van der Waals surface area (Å²) in [6.45, 7) is 2.67. The smallest absolute Gasteiger partial charge is 0.123 e. The largest absolute Gasteiger partial charge is 0.306 e. The van der Waals surface area contributed by atoms with Crippen molar-refractivity contribution in [2.24, 2.45) is 0 Å². The van der Waals surface area contributed by atoms with Gasteiger partial charge in [-0.3, -0.25) is 0 Å². The van der Waals surface area contributed by atoms with E-state index in [1.54, 1.807) is 12.1 Å². The summed E-state index contributed by atoms with van der Waals surface area (Å²) < 4.78 is 13.1. The Kier molecular flexibility index (Phi) is 4.34. The molecular formula is C15H15ClFN. The molecule has 0 aliphatic carbocycles. The van der Waals surface area contributed by atoms with E-state index in [-0.39, 0.29) is 11.9 Å². The van der Waals surface area contributed by atoms with Gasteiger partial charge in [-0.25, -0.2) is 4.39 Å². The van der Waals surface area contributed by atoms with Gasteiger partial charge in [0.25, 0.3) is 0 Å². The van der Waals surface area contributed by atoms with Crippen molar-refractivity contribution in [3.8, 4) is 0 Å². The number of benzene rings is 2. The lowest BCUT2D eigenvalue weighted by atomic mass is 10.1. The third-order valence-corrected chi connectivity index (χ3v) is 3.27. The molecule has 0 aliphatic rings. The zero-order valence-corrected chi connectivity index (χ0v) is 10.9. The molecule has 3 heteroatoms. The van der Waals surface area contributed by atoms with Gasteiger partial charge in [0.15, 0.2) is 0 Å². The molecule has 1 N–H and O–H groups in total. The van der Waals surface area contributed by atoms with Gasteiger partial charge in [-0.05, 0) is 36.2 Å². The normalized spacial score (nSPS) is 12.4. The minimum absolute atomic E-state index is 0.0805. The van der Waals surface area contributed by atoms with Crippen LogP contribution in [0.2, 0.25) is 5.02 Å². The van der Waals surface area contributed by atoms with Gasteiger partial charge in [0.1, 0.15) is 5.82 Å². The molecule has 1 nitrogen and oxygen atoms in total. The molecule has 0 aliphatic heterocycles. The SMILES string of the molecule is C[C@@H](NCc1ccccc1Cl)c1cccc(F)c1. The maximum Gasteiger partial charge on any atom is 0.123 e. The molecule has 0 heterocycles. The van der Waals surface area contributed by atoms with E-state index in [0.717, 1.165) is 16.1 Å². The fraction of sp³-hybridized carbons (Fsp3) is 0.200. The molecule has 2 rings (SSSR count). The first-order valence-corrected chi connectivity index (χ1v) is 6.27. The van der Waals surface area contributed by atoms with Gasteiger partial charge >= 0.3 is 0 Å². The van der Waals surface area contributed by atoms with Crippen molar-refractivity contribution in [1.82, 2.24) is 5.32 Å². The summed E-state index contributed by atoms with van der Waals surface area (Å²) in [6.07, 6.45) is 0. The third-order valence-electron chi connectivity index (χ3n) is 2.91. The third kappa shape index (κ3) is 3.31. The zero-order valence-electron chi connectivity index (χ0n) is 10.2. The average Bonchev–Trinajstić information content (AvgIpc) is 2.37. The van der Waals surface area contributed by atoms with Crippen LogP contribution in [0.25, 0.3) is 0 Å². The summed E-state index contributed by atoms with van der Waals surface area (Å²) >= 11 is 6.08. The van der Waals surface area contributed by atoms with Crippen LogP contribution in [0.1, 0.15) is 24.1 Å². The van der Waals surface area contributed by atoms with Crippen molar-refractivity contribution >= 4 is 11.6 Å². The van der Waals surface area contributed by atoms with Crippen LogP contribution in [0.15, 0.2) is 48.5 Å². The van der Waals surface area contributed by atoms with Crippen LogP contribution >= 0.6 is 11.6 Å². The molecule has 18 heavy (non-hydrogen) atoms. The Bertz CT molecular complexity index is 527. The van der Waals surface area contributed by atoms with Crippen LogP contribution in [-0.4, -0.2) is 0 Å². The maximum absolute atomic E-state index is 13.1. The van der Waals surface area contributed by atoms with Crippen LogP contribution in [-0.2, 0) is 6.54 Å². The van der Waals surface area contributed by atoms with Crippen LogP contribution < -0.4 is 5.32 Å². The molecule has 1 atom stereocenters. The first-order valence-electron chi connectivity index (χ1n) is 5.89. The summed E-state index contributed by atoms with van der Waals surface area (Å²) in [5, 5.41) is 4.08. The predicted molar refractivity (Wildman–Crippen MR) is 73.1 cm³/mol. The Labute approximate surface area is 112 Å². The molecule has 0 radical (unpaired) electrons. The molecule has 2 aromatic rings. The minimum atomic E-state index is -0.209. The van der Waals surface area contributed by atoms with E-state index >= 15 is 0 Å². The highest BCUT2D eigenvalue weighted by Gasteiger charge is 2.06. The molecule has 0 amide bonds. The van der Waals surface area contributed by atoms with Gasteiger partial charge in [0.05, 0.1) is 0 Å².